The van der Waals surface area contributed by atoms with Crippen molar-refractivity contribution in [1.82, 2.24) is 15.2 Å². The van der Waals surface area contributed by atoms with Crippen molar-refractivity contribution in [2.75, 3.05) is 25.6 Å². The molecule has 76 valence electrons. The number of hydrogen-bond donors (Lipinski definition) is 1. The largest absolute Gasteiger partial charge is 0.381 e. The van der Waals surface area contributed by atoms with Gasteiger partial charge in [0.2, 0.25) is 0 Å². The summed E-state index contributed by atoms with van der Waals surface area (Å²) in [7, 11) is 1.85. The van der Waals surface area contributed by atoms with Crippen LogP contribution in [0.4, 0.5) is 5.82 Å². The van der Waals surface area contributed by atoms with Crippen molar-refractivity contribution in [3.05, 3.63) is 12.0 Å². The summed E-state index contributed by atoms with van der Waals surface area (Å²) in [5.74, 6) is 1.28. The fraction of sp³-hybridized carbons (Fsp3) is 0.667. The molecule has 0 radical (unpaired) electrons. The van der Waals surface area contributed by atoms with E-state index in [2.05, 4.69) is 20.5 Å². The first-order valence-corrected chi connectivity index (χ1v) is 4.85. The van der Waals surface area contributed by atoms with E-state index < -0.39 is 0 Å². The Morgan fingerprint density at radius 1 is 1.43 bits per heavy atom. The molecule has 1 aromatic heterocycles. The van der Waals surface area contributed by atoms with E-state index in [-0.39, 0.29) is 0 Å². The summed E-state index contributed by atoms with van der Waals surface area (Å²) >= 11 is 0. The highest BCUT2D eigenvalue weighted by molar-refractivity contribution is 5.39. The van der Waals surface area contributed by atoms with Gasteiger partial charge in [0, 0.05) is 26.2 Å². The smallest absolute Gasteiger partial charge is 0.151 e. The molecule has 0 aromatic carbocycles. The second-order valence-corrected chi connectivity index (χ2v) is 3.33. The van der Waals surface area contributed by atoms with E-state index in [1.807, 2.05) is 7.05 Å². The first-order chi connectivity index (χ1) is 6.92. The van der Waals surface area contributed by atoms with Gasteiger partial charge in [-0.25, -0.2) is 4.98 Å². The lowest BCUT2D eigenvalue weighted by molar-refractivity contribution is 0.0844. The topological polar surface area (TPSA) is 59.9 Å². The molecule has 1 saturated heterocycles. The van der Waals surface area contributed by atoms with Gasteiger partial charge in [0.25, 0.3) is 0 Å². The average Bonchev–Trinajstić information content (AvgIpc) is 2.30. The lowest BCUT2D eigenvalue weighted by Gasteiger charge is -2.21. The zero-order valence-corrected chi connectivity index (χ0v) is 8.23. The highest BCUT2D eigenvalue weighted by Gasteiger charge is 2.20. The van der Waals surface area contributed by atoms with Crippen LogP contribution < -0.4 is 5.32 Å². The van der Waals surface area contributed by atoms with E-state index in [1.54, 1.807) is 0 Å². The average molecular weight is 194 g/mol. The number of anilines is 1. The molecular weight excluding hydrogens is 180 g/mol. The Morgan fingerprint density at radius 2 is 2.21 bits per heavy atom. The molecule has 1 aliphatic rings. The van der Waals surface area contributed by atoms with Crippen LogP contribution in [0, 0.1) is 0 Å². The normalized spacial score (nSPS) is 18.1. The van der Waals surface area contributed by atoms with Crippen LogP contribution in [0.2, 0.25) is 0 Å². The lowest BCUT2D eigenvalue weighted by Crippen LogP contribution is -2.17. The fourth-order valence-electron chi connectivity index (χ4n) is 1.72. The molecule has 0 aliphatic carbocycles. The Morgan fingerprint density at radius 3 is 2.93 bits per heavy atom. The van der Waals surface area contributed by atoms with Crippen LogP contribution in [0.15, 0.2) is 6.33 Å². The Hall–Kier alpha value is -1.23. The Bertz CT molecular complexity index is 299. The van der Waals surface area contributed by atoms with E-state index >= 15 is 0 Å². The first-order valence-electron chi connectivity index (χ1n) is 4.85. The maximum Gasteiger partial charge on any atom is 0.151 e. The predicted octanol–water partition coefficient (Wildman–Crippen LogP) is 0.807. The van der Waals surface area contributed by atoms with Crippen molar-refractivity contribution >= 4 is 5.82 Å². The van der Waals surface area contributed by atoms with Crippen molar-refractivity contribution < 1.29 is 4.74 Å². The molecule has 1 aliphatic heterocycles. The molecule has 2 heterocycles. The third kappa shape index (κ3) is 1.82. The third-order valence-corrected chi connectivity index (χ3v) is 2.49. The van der Waals surface area contributed by atoms with Crippen LogP contribution >= 0.6 is 0 Å². The maximum atomic E-state index is 5.31. The van der Waals surface area contributed by atoms with Crippen LogP contribution in [0.1, 0.15) is 24.5 Å². The summed E-state index contributed by atoms with van der Waals surface area (Å²) in [4.78, 5) is 4.15. The number of aromatic nitrogens is 3. The van der Waals surface area contributed by atoms with E-state index in [0.29, 0.717) is 5.92 Å². The SMILES string of the molecule is CNc1ncnnc1C1CCOCC1. The molecule has 5 nitrogen and oxygen atoms in total. The summed E-state index contributed by atoms with van der Waals surface area (Å²) < 4.78 is 5.31. The molecule has 1 fully saturated rings. The highest BCUT2D eigenvalue weighted by atomic mass is 16.5. The van der Waals surface area contributed by atoms with Crippen LogP contribution in [-0.2, 0) is 4.74 Å². The second-order valence-electron chi connectivity index (χ2n) is 3.33. The van der Waals surface area contributed by atoms with Crippen LogP contribution in [0.3, 0.4) is 0 Å². The van der Waals surface area contributed by atoms with Gasteiger partial charge in [0.1, 0.15) is 12.0 Å². The van der Waals surface area contributed by atoms with Gasteiger partial charge < -0.3 is 10.1 Å². The number of rotatable bonds is 2. The summed E-state index contributed by atoms with van der Waals surface area (Å²) in [5, 5.41) is 11.0. The molecular formula is C9H14N4O. The van der Waals surface area contributed by atoms with Crippen LogP contribution in [0.5, 0.6) is 0 Å². The molecule has 2 rings (SSSR count). The first kappa shape index (κ1) is 9.33. The zero-order valence-electron chi connectivity index (χ0n) is 8.23. The fourth-order valence-corrected chi connectivity index (χ4v) is 1.72. The van der Waals surface area contributed by atoms with Gasteiger partial charge in [-0.3, -0.25) is 0 Å². The van der Waals surface area contributed by atoms with Gasteiger partial charge in [0.15, 0.2) is 5.82 Å². The molecule has 1 N–H and O–H groups in total. The number of hydrogen-bond acceptors (Lipinski definition) is 5. The molecule has 0 spiro atoms. The van der Waals surface area contributed by atoms with Crippen molar-refractivity contribution in [3.8, 4) is 0 Å². The molecule has 5 heteroatoms. The van der Waals surface area contributed by atoms with Crippen LogP contribution in [-0.4, -0.2) is 35.4 Å². The van der Waals surface area contributed by atoms with Gasteiger partial charge in [0.05, 0.1) is 0 Å². The molecule has 0 saturated carbocycles. The van der Waals surface area contributed by atoms with Crippen LogP contribution in [0.25, 0.3) is 0 Å². The van der Waals surface area contributed by atoms with E-state index in [0.717, 1.165) is 37.6 Å². The molecule has 0 amide bonds. The lowest BCUT2D eigenvalue weighted by atomic mass is 9.96. The van der Waals surface area contributed by atoms with Crippen molar-refractivity contribution in [2.45, 2.75) is 18.8 Å². The maximum absolute atomic E-state index is 5.31. The minimum atomic E-state index is 0.437. The Balaban J connectivity index is 2.20. The standard InChI is InChI=1S/C9H14N4O/c1-10-9-8(13-12-6-11-9)7-2-4-14-5-3-7/h6-7H,2-5H2,1H3,(H,10,11,12). The van der Waals surface area contributed by atoms with Crippen molar-refractivity contribution in [2.24, 2.45) is 0 Å². The Kier molecular flexibility index (Phi) is 2.88. The molecule has 0 bridgehead atoms. The molecule has 0 unspecified atom stereocenters. The van der Waals surface area contributed by atoms with Gasteiger partial charge in [-0.05, 0) is 12.8 Å². The van der Waals surface area contributed by atoms with Gasteiger partial charge in [-0.2, -0.15) is 0 Å². The van der Waals surface area contributed by atoms with Crippen molar-refractivity contribution in [1.29, 1.82) is 0 Å². The molecule has 14 heavy (non-hydrogen) atoms. The summed E-state index contributed by atoms with van der Waals surface area (Å²) in [5.41, 5.74) is 0.971. The van der Waals surface area contributed by atoms with E-state index in [4.69, 9.17) is 4.74 Å². The molecule has 1 aromatic rings. The van der Waals surface area contributed by atoms with Crippen molar-refractivity contribution in [3.63, 3.8) is 0 Å². The minimum absolute atomic E-state index is 0.437. The van der Waals surface area contributed by atoms with Gasteiger partial charge >= 0.3 is 0 Å². The third-order valence-electron chi connectivity index (χ3n) is 2.49. The number of ether oxygens (including phenoxy) is 1. The molecule has 0 atom stereocenters. The van der Waals surface area contributed by atoms with E-state index in [1.165, 1.54) is 6.33 Å². The highest BCUT2D eigenvalue weighted by Crippen LogP contribution is 2.28. The second kappa shape index (κ2) is 4.32. The number of nitrogens with one attached hydrogen (secondary N) is 1. The van der Waals surface area contributed by atoms with Gasteiger partial charge in [-0.1, -0.05) is 0 Å². The quantitative estimate of drug-likeness (QED) is 0.754. The summed E-state index contributed by atoms with van der Waals surface area (Å²) in [6, 6.07) is 0. The van der Waals surface area contributed by atoms with Gasteiger partial charge in [-0.15, -0.1) is 10.2 Å². The Labute approximate surface area is 82.9 Å². The summed E-state index contributed by atoms with van der Waals surface area (Å²) in [6.07, 6.45) is 3.48. The zero-order chi connectivity index (χ0) is 9.80. The predicted molar refractivity (Wildman–Crippen MR) is 52.2 cm³/mol. The minimum Gasteiger partial charge on any atom is -0.381 e. The summed E-state index contributed by atoms with van der Waals surface area (Å²) in [6.45, 7) is 1.62. The van der Waals surface area contributed by atoms with E-state index in [9.17, 15) is 0 Å². The monoisotopic (exact) mass is 194 g/mol. The number of nitrogens with zero attached hydrogens (tertiary/aromatic N) is 3.